The fraction of sp³-hybridized carbons (Fsp3) is 0. The van der Waals surface area contributed by atoms with Crippen LogP contribution in [0.4, 0.5) is 0 Å². The number of nitrogens with zero attached hydrogens (tertiary/aromatic N) is 3. The number of aromatic nitrogens is 3. The predicted molar refractivity (Wildman–Crippen MR) is 211 cm³/mol. The van der Waals surface area contributed by atoms with Gasteiger partial charge in [0.25, 0.3) is 0 Å². The quantitative estimate of drug-likeness (QED) is 0.187. The monoisotopic (exact) mass is 665 g/mol. The van der Waals surface area contributed by atoms with Crippen LogP contribution in [0.15, 0.2) is 173 Å². The molecule has 0 bridgehead atoms. The number of para-hydroxylation sites is 2. The Morgan fingerprint density at radius 2 is 0.865 bits per heavy atom. The van der Waals surface area contributed by atoms with Gasteiger partial charge in [-0.25, -0.2) is 15.0 Å². The van der Waals surface area contributed by atoms with Crippen molar-refractivity contribution in [3.63, 3.8) is 0 Å². The number of rotatable bonds is 4. The number of fused-ring (bicyclic) bond motifs is 8. The van der Waals surface area contributed by atoms with Crippen LogP contribution in [0, 0.1) is 0 Å². The summed E-state index contributed by atoms with van der Waals surface area (Å²) in [6, 6.07) is 56.4. The van der Waals surface area contributed by atoms with Crippen LogP contribution in [0.1, 0.15) is 0 Å². The molecular formula is C47H27N3O2. The van der Waals surface area contributed by atoms with Crippen molar-refractivity contribution in [2.75, 3.05) is 0 Å². The molecule has 0 spiro atoms. The number of benzene rings is 8. The van der Waals surface area contributed by atoms with Gasteiger partial charge in [0.2, 0.25) is 0 Å². The fourth-order valence-corrected chi connectivity index (χ4v) is 7.68. The van der Waals surface area contributed by atoms with Crippen molar-refractivity contribution < 1.29 is 8.83 Å². The average Bonchev–Trinajstić information content (AvgIpc) is 3.78. The van der Waals surface area contributed by atoms with E-state index in [0.717, 1.165) is 93.2 Å². The van der Waals surface area contributed by atoms with Gasteiger partial charge in [0.1, 0.15) is 22.3 Å². The van der Waals surface area contributed by atoms with Gasteiger partial charge in [-0.2, -0.15) is 0 Å². The molecule has 242 valence electrons. The van der Waals surface area contributed by atoms with Gasteiger partial charge < -0.3 is 8.83 Å². The third-order valence-electron chi connectivity index (χ3n) is 10.1. The van der Waals surface area contributed by atoms with Crippen molar-refractivity contribution >= 4 is 65.4 Å². The van der Waals surface area contributed by atoms with Gasteiger partial charge in [-0.1, -0.05) is 121 Å². The fourth-order valence-electron chi connectivity index (χ4n) is 7.68. The zero-order valence-corrected chi connectivity index (χ0v) is 27.7. The van der Waals surface area contributed by atoms with Crippen LogP contribution in [0.5, 0.6) is 0 Å². The standard InChI is InChI=1S/C47H27N3O2/c1-2-11-29-26-30(21-20-28(29)10-1)45-48-46(31-22-23-36-35-14-5-7-17-40(35)52-43(36)27-31)50-47(49-45)38-25-24-34(32-12-3-4-13-33(32)38)37-16-9-19-42-44(37)39-15-6-8-18-41(39)51-42/h1-27H. The van der Waals surface area contributed by atoms with E-state index in [0.29, 0.717) is 17.5 Å². The second kappa shape index (κ2) is 11.2. The molecule has 3 heterocycles. The lowest BCUT2D eigenvalue weighted by Crippen LogP contribution is -2.01. The molecule has 0 radical (unpaired) electrons. The van der Waals surface area contributed by atoms with E-state index >= 15 is 0 Å². The lowest BCUT2D eigenvalue weighted by molar-refractivity contribution is 0.668. The van der Waals surface area contributed by atoms with Crippen LogP contribution < -0.4 is 0 Å². The zero-order valence-electron chi connectivity index (χ0n) is 27.7. The summed E-state index contributed by atoms with van der Waals surface area (Å²) in [7, 11) is 0. The highest BCUT2D eigenvalue weighted by Gasteiger charge is 2.19. The van der Waals surface area contributed by atoms with Gasteiger partial charge >= 0.3 is 0 Å². The molecule has 0 aliphatic heterocycles. The highest BCUT2D eigenvalue weighted by atomic mass is 16.3. The number of furan rings is 2. The van der Waals surface area contributed by atoms with E-state index in [1.165, 1.54) is 0 Å². The lowest BCUT2D eigenvalue weighted by Gasteiger charge is -2.14. The second-order valence-electron chi connectivity index (χ2n) is 13.2. The van der Waals surface area contributed by atoms with E-state index in [-0.39, 0.29) is 0 Å². The SMILES string of the molecule is c1ccc2cc(-c3nc(-c4ccc5c(c4)oc4ccccc45)nc(-c4ccc(-c5cccc6oc7ccccc7c56)c5ccccc45)n3)ccc2c1. The van der Waals surface area contributed by atoms with Crippen molar-refractivity contribution in [1.29, 1.82) is 0 Å². The van der Waals surface area contributed by atoms with E-state index in [1.54, 1.807) is 0 Å². The molecule has 52 heavy (non-hydrogen) atoms. The van der Waals surface area contributed by atoms with E-state index < -0.39 is 0 Å². The van der Waals surface area contributed by atoms with E-state index in [9.17, 15) is 0 Å². The maximum Gasteiger partial charge on any atom is 0.164 e. The lowest BCUT2D eigenvalue weighted by atomic mass is 9.92. The summed E-state index contributed by atoms with van der Waals surface area (Å²) >= 11 is 0. The number of hydrogen-bond acceptors (Lipinski definition) is 5. The summed E-state index contributed by atoms with van der Waals surface area (Å²) in [5.41, 5.74) is 8.36. The maximum atomic E-state index is 6.28. The van der Waals surface area contributed by atoms with Crippen molar-refractivity contribution in [3.05, 3.63) is 164 Å². The van der Waals surface area contributed by atoms with Gasteiger partial charge in [0, 0.05) is 38.2 Å². The van der Waals surface area contributed by atoms with Gasteiger partial charge in [-0.15, -0.1) is 0 Å². The first kappa shape index (κ1) is 28.7. The van der Waals surface area contributed by atoms with Gasteiger partial charge in [0.15, 0.2) is 17.5 Å². The molecular weight excluding hydrogens is 639 g/mol. The third-order valence-corrected chi connectivity index (χ3v) is 10.1. The highest BCUT2D eigenvalue weighted by molar-refractivity contribution is 6.16. The Kier molecular flexibility index (Phi) is 6.18. The summed E-state index contributed by atoms with van der Waals surface area (Å²) in [5.74, 6) is 1.80. The predicted octanol–water partition coefficient (Wildman–Crippen LogP) is 12.6. The zero-order chi connectivity index (χ0) is 34.2. The first-order valence-electron chi connectivity index (χ1n) is 17.3. The molecule has 11 rings (SSSR count). The third kappa shape index (κ3) is 4.46. The van der Waals surface area contributed by atoms with Crippen molar-refractivity contribution in [2.24, 2.45) is 0 Å². The van der Waals surface area contributed by atoms with Crippen molar-refractivity contribution in [2.45, 2.75) is 0 Å². The summed E-state index contributed by atoms with van der Waals surface area (Å²) in [6.07, 6.45) is 0. The molecule has 5 heteroatoms. The Morgan fingerprint density at radius 3 is 1.69 bits per heavy atom. The smallest absolute Gasteiger partial charge is 0.164 e. The Balaban J connectivity index is 1.14. The Bertz CT molecular complexity index is 3210. The summed E-state index contributed by atoms with van der Waals surface area (Å²) in [6.45, 7) is 0. The Labute approximate surface area is 297 Å². The van der Waals surface area contributed by atoms with Crippen LogP contribution in [-0.2, 0) is 0 Å². The molecule has 0 saturated heterocycles. The molecule has 0 fully saturated rings. The van der Waals surface area contributed by atoms with Crippen LogP contribution in [0.25, 0.3) is 111 Å². The summed E-state index contributed by atoms with van der Waals surface area (Å²) in [5, 5.41) is 8.81. The van der Waals surface area contributed by atoms with Crippen LogP contribution in [0.2, 0.25) is 0 Å². The molecule has 0 N–H and O–H groups in total. The Morgan fingerprint density at radius 1 is 0.308 bits per heavy atom. The minimum absolute atomic E-state index is 0.582. The van der Waals surface area contributed by atoms with E-state index in [2.05, 4.69) is 121 Å². The minimum atomic E-state index is 0.582. The molecule has 8 aromatic carbocycles. The first-order valence-corrected chi connectivity index (χ1v) is 17.3. The molecule has 0 amide bonds. The van der Waals surface area contributed by atoms with Crippen molar-refractivity contribution in [3.8, 4) is 45.3 Å². The van der Waals surface area contributed by atoms with E-state index in [4.69, 9.17) is 23.8 Å². The molecule has 0 atom stereocenters. The molecule has 0 aliphatic carbocycles. The molecule has 5 nitrogen and oxygen atoms in total. The van der Waals surface area contributed by atoms with E-state index in [1.807, 2.05) is 42.5 Å². The van der Waals surface area contributed by atoms with Gasteiger partial charge in [-0.3, -0.25) is 0 Å². The molecule has 0 saturated carbocycles. The number of hydrogen-bond donors (Lipinski definition) is 0. The van der Waals surface area contributed by atoms with Gasteiger partial charge in [0.05, 0.1) is 0 Å². The topological polar surface area (TPSA) is 65.0 Å². The summed E-state index contributed by atoms with van der Waals surface area (Å²) < 4.78 is 12.5. The van der Waals surface area contributed by atoms with Crippen LogP contribution in [-0.4, -0.2) is 15.0 Å². The van der Waals surface area contributed by atoms with Gasteiger partial charge in [-0.05, 0) is 75.1 Å². The van der Waals surface area contributed by atoms with Crippen molar-refractivity contribution in [1.82, 2.24) is 15.0 Å². The molecule has 3 aromatic heterocycles. The largest absolute Gasteiger partial charge is 0.456 e. The Hall–Kier alpha value is -7.11. The molecule has 11 aromatic rings. The highest BCUT2D eigenvalue weighted by Crippen LogP contribution is 2.42. The van der Waals surface area contributed by atoms with Crippen LogP contribution >= 0.6 is 0 Å². The average molecular weight is 666 g/mol. The summed E-state index contributed by atoms with van der Waals surface area (Å²) in [4.78, 5) is 15.5. The molecule has 0 unspecified atom stereocenters. The minimum Gasteiger partial charge on any atom is -0.456 e. The normalized spacial score (nSPS) is 11.8. The first-order chi connectivity index (χ1) is 25.7. The maximum absolute atomic E-state index is 6.28. The van der Waals surface area contributed by atoms with Crippen LogP contribution in [0.3, 0.4) is 0 Å². The molecule has 0 aliphatic rings. The second-order valence-corrected chi connectivity index (χ2v) is 13.2.